The summed E-state index contributed by atoms with van der Waals surface area (Å²) in [6.45, 7) is 4.42. The Morgan fingerprint density at radius 3 is 3.00 bits per heavy atom. The Balaban J connectivity index is 2.16. The van der Waals surface area contributed by atoms with Crippen LogP contribution >= 0.6 is 0 Å². The highest BCUT2D eigenvalue weighted by Gasteiger charge is 2.19. The Kier molecular flexibility index (Phi) is 2.04. The molecule has 0 bridgehead atoms. The predicted octanol–water partition coefficient (Wildman–Crippen LogP) is 0.905. The molecule has 1 aliphatic rings. The van der Waals surface area contributed by atoms with Gasteiger partial charge in [0.25, 0.3) is 0 Å². The van der Waals surface area contributed by atoms with E-state index in [1.54, 1.807) is 0 Å². The van der Waals surface area contributed by atoms with E-state index in [4.69, 9.17) is 5.73 Å². The van der Waals surface area contributed by atoms with Crippen LogP contribution in [0.5, 0.6) is 0 Å². The Hall–Kier alpha value is -1.32. The van der Waals surface area contributed by atoms with Gasteiger partial charge in [0.1, 0.15) is 18.0 Å². The van der Waals surface area contributed by atoms with E-state index >= 15 is 0 Å². The molecule has 70 valence electrons. The summed E-state index contributed by atoms with van der Waals surface area (Å²) in [5.74, 6) is 2.26. The van der Waals surface area contributed by atoms with Crippen LogP contribution in [0.15, 0.2) is 12.4 Å². The van der Waals surface area contributed by atoms with Gasteiger partial charge in [-0.25, -0.2) is 9.97 Å². The summed E-state index contributed by atoms with van der Waals surface area (Å²) in [5.41, 5.74) is 5.58. The second-order valence-corrected chi connectivity index (χ2v) is 3.64. The predicted molar refractivity (Wildman–Crippen MR) is 52.4 cm³/mol. The van der Waals surface area contributed by atoms with E-state index in [0.717, 1.165) is 24.8 Å². The largest absolute Gasteiger partial charge is 0.384 e. The Morgan fingerprint density at radius 1 is 1.54 bits per heavy atom. The van der Waals surface area contributed by atoms with Crippen molar-refractivity contribution in [3.05, 3.63) is 12.4 Å². The van der Waals surface area contributed by atoms with Crippen LogP contribution in [0.3, 0.4) is 0 Å². The smallest absolute Gasteiger partial charge is 0.134 e. The molecule has 1 aromatic heterocycles. The number of nitrogens with zero attached hydrogens (tertiary/aromatic N) is 3. The lowest BCUT2D eigenvalue weighted by Gasteiger charge is -2.16. The molecule has 2 N–H and O–H groups in total. The maximum Gasteiger partial charge on any atom is 0.134 e. The van der Waals surface area contributed by atoms with Crippen molar-refractivity contribution >= 4 is 11.6 Å². The number of nitrogen functional groups attached to an aromatic ring is 1. The fourth-order valence-electron chi connectivity index (χ4n) is 1.68. The first-order chi connectivity index (χ1) is 6.25. The number of hydrogen-bond donors (Lipinski definition) is 1. The molecule has 4 heteroatoms. The molecule has 1 atom stereocenters. The van der Waals surface area contributed by atoms with E-state index in [1.165, 1.54) is 12.7 Å². The van der Waals surface area contributed by atoms with Crippen LogP contribution in [0.25, 0.3) is 0 Å². The highest BCUT2D eigenvalue weighted by atomic mass is 15.2. The first kappa shape index (κ1) is 8.29. The van der Waals surface area contributed by atoms with Crippen molar-refractivity contribution in [3.8, 4) is 0 Å². The lowest BCUT2D eigenvalue weighted by molar-refractivity contribution is 0.659. The minimum absolute atomic E-state index is 0.546. The third-order valence-corrected chi connectivity index (χ3v) is 2.42. The van der Waals surface area contributed by atoms with Gasteiger partial charge in [-0.05, 0) is 12.3 Å². The topological polar surface area (TPSA) is 55.0 Å². The number of rotatable bonds is 1. The van der Waals surface area contributed by atoms with Gasteiger partial charge in [-0.3, -0.25) is 0 Å². The van der Waals surface area contributed by atoms with Crippen LogP contribution in [-0.4, -0.2) is 23.1 Å². The molecular weight excluding hydrogens is 164 g/mol. The molecule has 1 aliphatic heterocycles. The first-order valence-electron chi connectivity index (χ1n) is 4.58. The van der Waals surface area contributed by atoms with Gasteiger partial charge in [-0.15, -0.1) is 0 Å². The van der Waals surface area contributed by atoms with Crippen LogP contribution in [0, 0.1) is 5.92 Å². The monoisotopic (exact) mass is 178 g/mol. The van der Waals surface area contributed by atoms with Crippen molar-refractivity contribution in [2.45, 2.75) is 13.3 Å². The van der Waals surface area contributed by atoms with Gasteiger partial charge in [-0.2, -0.15) is 0 Å². The van der Waals surface area contributed by atoms with Gasteiger partial charge < -0.3 is 10.6 Å². The molecule has 0 aliphatic carbocycles. The van der Waals surface area contributed by atoms with E-state index < -0.39 is 0 Å². The first-order valence-corrected chi connectivity index (χ1v) is 4.58. The molecule has 2 rings (SSSR count). The Morgan fingerprint density at radius 2 is 2.38 bits per heavy atom. The minimum Gasteiger partial charge on any atom is -0.384 e. The van der Waals surface area contributed by atoms with Gasteiger partial charge in [0, 0.05) is 19.2 Å². The highest BCUT2D eigenvalue weighted by molar-refractivity contribution is 5.46. The quantitative estimate of drug-likeness (QED) is 0.694. The molecule has 0 saturated carbocycles. The fraction of sp³-hybridized carbons (Fsp3) is 0.556. The summed E-state index contributed by atoms with van der Waals surface area (Å²) in [6, 6.07) is 1.83. The highest BCUT2D eigenvalue weighted by Crippen LogP contribution is 2.21. The van der Waals surface area contributed by atoms with Gasteiger partial charge in [0.2, 0.25) is 0 Å². The molecule has 2 heterocycles. The molecule has 1 aromatic rings. The average Bonchev–Trinajstić information content (AvgIpc) is 2.52. The summed E-state index contributed by atoms with van der Waals surface area (Å²) in [6.07, 6.45) is 2.76. The van der Waals surface area contributed by atoms with E-state index in [0.29, 0.717) is 5.82 Å². The molecule has 0 amide bonds. The van der Waals surface area contributed by atoms with Crippen molar-refractivity contribution in [2.24, 2.45) is 5.92 Å². The van der Waals surface area contributed by atoms with E-state index in [2.05, 4.69) is 21.8 Å². The van der Waals surface area contributed by atoms with Gasteiger partial charge in [0.15, 0.2) is 0 Å². The molecule has 1 saturated heterocycles. The van der Waals surface area contributed by atoms with Crippen LogP contribution in [-0.2, 0) is 0 Å². The van der Waals surface area contributed by atoms with E-state index in [1.807, 2.05) is 6.07 Å². The van der Waals surface area contributed by atoms with Crippen LogP contribution in [0.4, 0.5) is 11.6 Å². The van der Waals surface area contributed by atoms with Crippen LogP contribution < -0.4 is 10.6 Å². The normalized spacial score (nSPS) is 22.2. The summed E-state index contributed by atoms with van der Waals surface area (Å²) >= 11 is 0. The minimum atomic E-state index is 0.546. The average molecular weight is 178 g/mol. The third kappa shape index (κ3) is 1.71. The van der Waals surface area contributed by atoms with E-state index in [-0.39, 0.29) is 0 Å². The Labute approximate surface area is 77.8 Å². The molecular formula is C9H14N4. The second kappa shape index (κ2) is 3.20. The Bertz CT molecular complexity index is 299. The number of nitrogens with two attached hydrogens (primary N) is 1. The van der Waals surface area contributed by atoms with Gasteiger partial charge >= 0.3 is 0 Å². The summed E-state index contributed by atoms with van der Waals surface area (Å²) in [4.78, 5) is 10.3. The second-order valence-electron chi connectivity index (χ2n) is 3.64. The zero-order valence-electron chi connectivity index (χ0n) is 7.77. The molecule has 0 radical (unpaired) electrons. The maximum absolute atomic E-state index is 5.58. The number of anilines is 2. The van der Waals surface area contributed by atoms with Crippen LogP contribution in [0.1, 0.15) is 13.3 Å². The van der Waals surface area contributed by atoms with Crippen molar-refractivity contribution < 1.29 is 0 Å². The molecule has 0 aromatic carbocycles. The van der Waals surface area contributed by atoms with Crippen LogP contribution in [0.2, 0.25) is 0 Å². The van der Waals surface area contributed by atoms with Crippen molar-refractivity contribution in [2.75, 3.05) is 23.7 Å². The standard InChI is InChI=1S/C9H14N4/c1-7-2-3-13(5-7)9-4-8(10)11-6-12-9/h4,6-7H,2-3,5H2,1H3,(H2,10,11,12). The van der Waals surface area contributed by atoms with Crippen molar-refractivity contribution in [1.82, 2.24) is 9.97 Å². The zero-order chi connectivity index (χ0) is 9.26. The molecule has 4 nitrogen and oxygen atoms in total. The SMILES string of the molecule is CC1CCN(c2cc(N)ncn2)C1. The van der Waals surface area contributed by atoms with Gasteiger partial charge in [-0.1, -0.05) is 6.92 Å². The molecule has 1 unspecified atom stereocenters. The molecule has 0 spiro atoms. The lowest BCUT2D eigenvalue weighted by atomic mass is 10.2. The summed E-state index contributed by atoms with van der Waals surface area (Å²) in [7, 11) is 0. The lowest BCUT2D eigenvalue weighted by Crippen LogP contribution is -2.20. The molecule has 13 heavy (non-hydrogen) atoms. The zero-order valence-corrected chi connectivity index (χ0v) is 7.77. The summed E-state index contributed by atoms with van der Waals surface area (Å²) < 4.78 is 0. The van der Waals surface area contributed by atoms with E-state index in [9.17, 15) is 0 Å². The fourth-order valence-corrected chi connectivity index (χ4v) is 1.68. The maximum atomic E-state index is 5.58. The van der Waals surface area contributed by atoms with Crippen molar-refractivity contribution in [3.63, 3.8) is 0 Å². The van der Waals surface area contributed by atoms with Crippen molar-refractivity contribution in [1.29, 1.82) is 0 Å². The summed E-state index contributed by atoms with van der Waals surface area (Å²) in [5, 5.41) is 0. The van der Waals surface area contributed by atoms with Gasteiger partial charge in [0.05, 0.1) is 0 Å². The third-order valence-electron chi connectivity index (χ3n) is 2.42. The number of aromatic nitrogens is 2. The number of hydrogen-bond acceptors (Lipinski definition) is 4. The molecule has 1 fully saturated rings.